The van der Waals surface area contributed by atoms with Crippen molar-refractivity contribution in [1.82, 2.24) is 14.7 Å². The van der Waals surface area contributed by atoms with Gasteiger partial charge in [-0.2, -0.15) is 0 Å². The third kappa shape index (κ3) is 5.59. The minimum Gasteiger partial charge on any atom is -0.507 e. The zero-order valence-electron chi connectivity index (χ0n) is 20.1. The van der Waals surface area contributed by atoms with E-state index in [2.05, 4.69) is 9.80 Å². The lowest BCUT2D eigenvalue weighted by Gasteiger charge is -2.35. The van der Waals surface area contributed by atoms with Crippen molar-refractivity contribution in [3.63, 3.8) is 0 Å². The Morgan fingerprint density at radius 2 is 1.57 bits per heavy atom. The third-order valence-corrected chi connectivity index (χ3v) is 6.92. The van der Waals surface area contributed by atoms with E-state index in [9.17, 15) is 9.90 Å². The molecule has 2 aliphatic rings. The molecular formula is C28H33N3O4. The van der Waals surface area contributed by atoms with Crippen molar-refractivity contribution in [3.05, 3.63) is 71.8 Å². The van der Waals surface area contributed by atoms with Crippen LogP contribution in [-0.2, 0) is 11.3 Å². The van der Waals surface area contributed by atoms with E-state index >= 15 is 0 Å². The number of hydrogen-bond donors (Lipinski definition) is 1. The van der Waals surface area contributed by atoms with E-state index in [1.807, 2.05) is 60.7 Å². The second kappa shape index (κ2) is 11.1. The largest absolute Gasteiger partial charge is 0.507 e. The lowest BCUT2D eigenvalue weighted by molar-refractivity contribution is 0.0301. The van der Waals surface area contributed by atoms with Gasteiger partial charge in [0, 0.05) is 57.9 Å². The van der Waals surface area contributed by atoms with Crippen LogP contribution in [0.25, 0.3) is 10.8 Å². The van der Waals surface area contributed by atoms with Crippen LogP contribution >= 0.6 is 0 Å². The first-order valence-electron chi connectivity index (χ1n) is 12.4. The molecule has 7 heteroatoms. The molecule has 0 saturated carbocycles. The molecule has 1 N–H and O–H groups in total. The highest BCUT2D eigenvalue weighted by atomic mass is 16.5. The summed E-state index contributed by atoms with van der Waals surface area (Å²) < 4.78 is 11.2. The number of carbonyl (C=O) groups excluding carboxylic acids is 1. The SMILES string of the molecule is O=C(c1cc2ccccc2c(CN2CCN(CCOc3ccccc3)CC2)c1O)N1CCOCC1. The first-order chi connectivity index (χ1) is 17.2. The zero-order valence-corrected chi connectivity index (χ0v) is 20.1. The Balaban J connectivity index is 1.25. The predicted octanol–water partition coefficient (Wildman–Crippen LogP) is 3.21. The van der Waals surface area contributed by atoms with Gasteiger partial charge in [-0.25, -0.2) is 0 Å². The molecule has 2 saturated heterocycles. The van der Waals surface area contributed by atoms with Crippen LogP contribution in [0.4, 0.5) is 0 Å². The molecule has 7 nitrogen and oxygen atoms in total. The molecule has 0 radical (unpaired) electrons. The van der Waals surface area contributed by atoms with Crippen LogP contribution in [0.1, 0.15) is 15.9 Å². The smallest absolute Gasteiger partial charge is 0.257 e. The lowest BCUT2D eigenvalue weighted by Crippen LogP contribution is -2.47. The van der Waals surface area contributed by atoms with Gasteiger partial charge in [-0.05, 0) is 29.0 Å². The molecule has 2 heterocycles. The standard InChI is InChI=1S/C28H33N3O4/c32-27-25(28(33)31-15-17-34-18-16-31)20-22-6-4-5-9-24(22)26(27)21-30-12-10-29(11-13-30)14-19-35-23-7-2-1-3-8-23/h1-9,20,32H,10-19,21H2. The van der Waals surface area contributed by atoms with Gasteiger partial charge in [-0.3, -0.25) is 14.6 Å². The second-order valence-corrected chi connectivity index (χ2v) is 9.16. The summed E-state index contributed by atoms with van der Waals surface area (Å²) >= 11 is 0. The quantitative estimate of drug-likeness (QED) is 0.566. The number of fused-ring (bicyclic) bond motifs is 1. The Morgan fingerprint density at radius 1 is 0.886 bits per heavy atom. The highest BCUT2D eigenvalue weighted by molar-refractivity contribution is 6.03. The normalized spacial score (nSPS) is 17.5. The Kier molecular flexibility index (Phi) is 7.47. The number of nitrogens with zero attached hydrogens (tertiary/aromatic N) is 3. The summed E-state index contributed by atoms with van der Waals surface area (Å²) in [5.74, 6) is 0.889. The Hall–Kier alpha value is -3.13. The van der Waals surface area contributed by atoms with Gasteiger partial charge in [-0.1, -0.05) is 42.5 Å². The molecule has 5 rings (SSSR count). The summed E-state index contributed by atoms with van der Waals surface area (Å²) in [6.07, 6.45) is 0. The van der Waals surface area contributed by atoms with E-state index in [0.29, 0.717) is 45.0 Å². The molecule has 0 spiro atoms. The van der Waals surface area contributed by atoms with E-state index in [0.717, 1.165) is 54.8 Å². The predicted molar refractivity (Wildman–Crippen MR) is 136 cm³/mol. The second-order valence-electron chi connectivity index (χ2n) is 9.16. The molecule has 3 aromatic carbocycles. The monoisotopic (exact) mass is 475 g/mol. The Morgan fingerprint density at radius 3 is 2.34 bits per heavy atom. The number of aromatic hydroxyl groups is 1. The highest BCUT2D eigenvalue weighted by Gasteiger charge is 2.26. The van der Waals surface area contributed by atoms with Crippen LogP contribution in [0.5, 0.6) is 11.5 Å². The van der Waals surface area contributed by atoms with Crippen LogP contribution in [0.2, 0.25) is 0 Å². The molecule has 0 aromatic heterocycles. The van der Waals surface area contributed by atoms with Crippen LogP contribution in [-0.4, -0.2) is 91.3 Å². The summed E-state index contributed by atoms with van der Waals surface area (Å²) in [4.78, 5) is 19.8. The van der Waals surface area contributed by atoms with Crippen molar-refractivity contribution in [2.45, 2.75) is 6.54 Å². The number of phenols is 1. The number of rotatable bonds is 7. The Bertz CT molecular complexity index is 1140. The maximum absolute atomic E-state index is 13.2. The maximum atomic E-state index is 13.2. The molecular weight excluding hydrogens is 442 g/mol. The summed E-state index contributed by atoms with van der Waals surface area (Å²) in [5.41, 5.74) is 1.22. The summed E-state index contributed by atoms with van der Waals surface area (Å²) in [6.45, 7) is 8.05. The van der Waals surface area contributed by atoms with Gasteiger partial charge in [0.05, 0.1) is 18.8 Å². The van der Waals surface area contributed by atoms with Gasteiger partial charge in [0.2, 0.25) is 0 Å². The van der Waals surface area contributed by atoms with Crippen LogP contribution in [0.15, 0.2) is 60.7 Å². The van der Waals surface area contributed by atoms with Gasteiger partial charge in [0.25, 0.3) is 5.91 Å². The van der Waals surface area contributed by atoms with Crippen molar-refractivity contribution < 1.29 is 19.4 Å². The van der Waals surface area contributed by atoms with E-state index < -0.39 is 0 Å². The Labute approximate surface area is 206 Å². The lowest BCUT2D eigenvalue weighted by atomic mass is 9.97. The van der Waals surface area contributed by atoms with E-state index in [1.54, 1.807) is 4.90 Å². The van der Waals surface area contributed by atoms with Crippen molar-refractivity contribution in [2.75, 3.05) is 65.6 Å². The number of amides is 1. The van der Waals surface area contributed by atoms with Gasteiger partial charge in [-0.15, -0.1) is 0 Å². The number of ether oxygens (including phenoxy) is 2. The summed E-state index contributed by atoms with van der Waals surface area (Å²) in [7, 11) is 0. The first kappa shape index (κ1) is 23.6. The zero-order chi connectivity index (χ0) is 24.0. The number of phenolic OH excluding ortho intramolecular Hbond substituents is 1. The highest BCUT2D eigenvalue weighted by Crippen LogP contribution is 2.33. The van der Waals surface area contributed by atoms with E-state index in [1.165, 1.54) is 0 Å². The molecule has 1 amide bonds. The molecule has 0 unspecified atom stereocenters. The first-order valence-corrected chi connectivity index (χ1v) is 12.4. The molecule has 0 bridgehead atoms. The van der Waals surface area contributed by atoms with Crippen LogP contribution in [0, 0.1) is 0 Å². The molecule has 2 aliphatic heterocycles. The minimum absolute atomic E-state index is 0.110. The number of morpholine rings is 1. The van der Waals surface area contributed by atoms with Crippen molar-refractivity contribution in [2.24, 2.45) is 0 Å². The fraction of sp³-hybridized carbons (Fsp3) is 0.393. The molecule has 184 valence electrons. The number of benzene rings is 3. The van der Waals surface area contributed by atoms with Gasteiger partial charge in [0.1, 0.15) is 18.1 Å². The average Bonchev–Trinajstić information content (AvgIpc) is 2.92. The molecule has 35 heavy (non-hydrogen) atoms. The molecule has 3 aromatic rings. The van der Waals surface area contributed by atoms with Crippen LogP contribution in [0.3, 0.4) is 0 Å². The van der Waals surface area contributed by atoms with Crippen LogP contribution < -0.4 is 4.74 Å². The summed E-state index contributed by atoms with van der Waals surface area (Å²) in [5, 5.41) is 13.2. The topological polar surface area (TPSA) is 65.5 Å². The number of carbonyl (C=O) groups is 1. The number of piperazine rings is 1. The van der Waals surface area contributed by atoms with Gasteiger partial charge < -0.3 is 19.5 Å². The fourth-order valence-corrected chi connectivity index (χ4v) is 4.88. The molecule has 2 fully saturated rings. The van der Waals surface area contributed by atoms with Crippen molar-refractivity contribution in [3.8, 4) is 11.5 Å². The number of para-hydroxylation sites is 1. The van der Waals surface area contributed by atoms with Crippen molar-refractivity contribution >= 4 is 16.7 Å². The minimum atomic E-state index is -0.124. The molecule has 0 aliphatic carbocycles. The van der Waals surface area contributed by atoms with Gasteiger partial charge in [0.15, 0.2) is 0 Å². The number of hydrogen-bond acceptors (Lipinski definition) is 6. The average molecular weight is 476 g/mol. The van der Waals surface area contributed by atoms with E-state index in [4.69, 9.17) is 9.47 Å². The fourth-order valence-electron chi connectivity index (χ4n) is 4.88. The van der Waals surface area contributed by atoms with Crippen molar-refractivity contribution in [1.29, 1.82) is 0 Å². The maximum Gasteiger partial charge on any atom is 0.257 e. The molecule has 0 atom stereocenters. The summed E-state index contributed by atoms with van der Waals surface area (Å²) in [6, 6.07) is 19.7. The van der Waals surface area contributed by atoms with Gasteiger partial charge >= 0.3 is 0 Å². The van der Waals surface area contributed by atoms with E-state index in [-0.39, 0.29) is 11.7 Å². The third-order valence-electron chi connectivity index (χ3n) is 6.92.